The molecule has 0 amide bonds. The van der Waals surface area contributed by atoms with Crippen LogP contribution in [0.1, 0.15) is 20.7 Å². The molecule has 0 saturated heterocycles. The first-order chi connectivity index (χ1) is 8.60. The molecule has 1 rings (SSSR count). The van der Waals surface area contributed by atoms with Gasteiger partial charge in [0.2, 0.25) is 0 Å². The zero-order valence-electron chi connectivity index (χ0n) is 10.4. The lowest BCUT2D eigenvalue weighted by atomic mass is 10.1. The predicted octanol–water partition coefficient (Wildman–Crippen LogP) is 1.68. The van der Waals surface area contributed by atoms with E-state index in [1.54, 1.807) is 13.1 Å². The molecule has 0 aromatic heterocycles. The Bertz CT molecular complexity index is 474. The molecular formula is C12H14BrNO4. The Balaban J connectivity index is 3.48. The summed E-state index contributed by atoms with van der Waals surface area (Å²) in [6.45, 7) is 0.173. The maximum atomic E-state index is 11.9. The van der Waals surface area contributed by atoms with Crippen LogP contribution in [0.2, 0.25) is 0 Å². The summed E-state index contributed by atoms with van der Waals surface area (Å²) in [5.74, 6) is 0.371. The van der Waals surface area contributed by atoms with Gasteiger partial charge in [-0.3, -0.25) is 9.59 Å². The number of rotatable bonds is 6. The van der Waals surface area contributed by atoms with Crippen molar-refractivity contribution in [1.82, 2.24) is 5.32 Å². The minimum absolute atomic E-state index is 0.147. The van der Waals surface area contributed by atoms with Gasteiger partial charge in [0.25, 0.3) is 0 Å². The van der Waals surface area contributed by atoms with Crippen molar-refractivity contribution in [3.63, 3.8) is 0 Å². The number of halogens is 1. The lowest BCUT2D eigenvalue weighted by Gasteiger charge is -2.15. The number of likely N-dealkylation sites (N-methyl/N-ethyl adjacent to an activating group) is 1. The summed E-state index contributed by atoms with van der Waals surface area (Å²) in [6, 6.07) is 1.56. The van der Waals surface area contributed by atoms with E-state index in [0.29, 0.717) is 21.9 Å². The van der Waals surface area contributed by atoms with Crippen LogP contribution in [0.3, 0.4) is 0 Å². The van der Waals surface area contributed by atoms with E-state index in [1.165, 1.54) is 14.2 Å². The molecule has 6 heteroatoms. The first-order valence-corrected chi connectivity index (χ1v) is 5.97. The van der Waals surface area contributed by atoms with Gasteiger partial charge in [-0.15, -0.1) is 0 Å². The van der Waals surface area contributed by atoms with E-state index in [0.717, 1.165) is 0 Å². The van der Waals surface area contributed by atoms with Crippen LogP contribution in [-0.2, 0) is 0 Å². The monoisotopic (exact) mass is 315 g/mol. The Kier molecular flexibility index (Phi) is 5.30. The van der Waals surface area contributed by atoms with Crippen LogP contribution in [0.25, 0.3) is 0 Å². The molecule has 0 saturated carbocycles. The molecule has 0 aliphatic carbocycles. The van der Waals surface area contributed by atoms with Gasteiger partial charge in [0.05, 0.1) is 31.9 Å². The molecule has 1 N–H and O–H groups in total. The van der Waals surface area contributed by atoms with Gasteiger partial charge in [-0.2, -0.15) is 0 Å². The summed E-state index contributed by atoms with van der Waals surface area (Å²) >= 11 is 3.24. The summed E-state index contributed by atoms with van der Waals surface area (Å²) in [5, 5.41) is 2.77. The zero-order chi connectivity index (χ0) is 13.7. The molecule has 0 fully saturated rings. The maximum Gasteiger partial charge on any atom is 0.180 e. The smallest absolute Gasteiger partial charge is 0.180 e. The highest BCUT2D eigenvalue weighted by atomic mass is 79.9. The fraction of sp³-hybridized carbons (Fsp3) is 0.333. The third-order valence-electron chi connectivity index (χ3n) is 2.39. The van der Waals surface area contributed by atoms with Gasteiger partial charge in [0.15, 0.2) is 23.6 Å². The minimum atomic E-state index is -0.147. The highest BCUT2D eigenvalue weighted by molar-refractivity contribution is 9.10. The van der Waals surface area contributed by atoms with Gasteiger partial charge in [-0.05, 0) is 29.0 Å². The fourth-order valence-electron chi connectivity index (χ4n) is 1.60. The molecule has 98 valence electrons. The Hall–Kier alpha value is -1.40. The van der Waals surface area contributed by atoms with Crippen molar-refractivity contribution in [1.29, 1.82) is 0 Å². The summed E-state index contributed by atoms with van der Waals surface area (Å²) in [7, 11) is 4.52. The van der Waals surface area contributed by atoms with E-state index >= 15 is 0 Å². The van der Waals surface area contributed by atoms with Crippen molar-refractivity contribution in [3.8, 4) is 11.5 Å². The Labute approximate surface area is 114 Å². The quantitative estimate of drug-likeness (QED) is 0.639. The van der Waals surface area contributed by atoms with Crippen molar-refractivity contribution in [3.05, 3.63) is 21.7 Å². The SMILES string of the molecule is CNCC(=O)c1cc(Br)c(C=O)c(OC)c1OC. The molecule has 1 aromatic rings. The van der Waals surface area contributed by atoms with Crippen LogP contribution in [-0.4, -0.2) is 39.9 Å². The highest BCUT2D eigenvalue weighted by Gasteiger charge is 2.22. The summed E-state index contributed by atoms with van der Waals surface area (Å²) < 4.78 is 10.8. The predicted molar refractivity (Wildman–Crippen MR) is 70.9 cm³/mol. The molecule has 0 unspecified atom stereocenters. The van der Waals surface area contributed by atoms with Crippen LogP contribution in [0.4, 0.5) is 0 Å². The third kappa shape index (κ3) is 2.70. The summed E-state index contributed by atoms with van der Waals surface area (Å²) in [5.41, 5.74) is 0.677. The Morgan fingerprint density at radius 1 is 1.39 bits per heavy atom. The second-order valence-electron chi connectivity index (χ2n) is 3.46. The zero-order valence-corrected chi connectivity index (χ0v) is 12.0. The number of methoxy groups -OCH3 is 2. The fourth-order valence-corrected chi connectivity index (χ4v) is 2.10. The van der Waals surface area contributed by atoms with Crippen LogP contribution < -0.4 is 14.8 Å². The standard InChI is InChI=1S/C12H14BrNO4/c1-14-5-10(16)7-4-9(13)8(6-15)12(18-3)11(7)17-2/h4,6,14H,5H2,1-3H3. The second kappa shape index (κ2) is 6.51. The number of carbonyl (C=O) groups excluding carboxylic acids is 2. The van der Waals surface area contributed by atoms with E-state index in [9.17, 15) is 9.59 Å². The van der Waals surface area contributed by atoms with Gasteiger partial charge in [0, 0.05) is 4.47 Å². The highest BCUT2D eigenvalue weighted by Crippen LogP contribution is 2.38. The average molecular weight is 316 g/mol. The minimum Gasteiger partial charge on any atom is -0.492 e. The van der Waals surface area contributed by atoms with Crippen molar-refractivity contribution >= 4 is 28.0 Å². The van der Waals surface area contributed by atoms with Gasteiger partial charge in [-0.1, -0.05) is 0 Å². The van der Waals surface area contributed by atoms with E-state index < -0.39 is 0 Å². The molecule has 0 atom stereocenters. The van der Waals surface area contributed by atoms with Gasteiger partial charge in [0.1, 0.15) is 0 Å². The molecule has 5 nitrogen and oxygen atoms in total. The maximum absolute atomic E-state index is 11.9. The lowest BCUT2D eigenvalue weighted by molar-refractivity contribution is 0.0988. The number of nitrogens with one attached hydrogen (secondary N) is 1. The number of aldehydes is 1. The van der Waals surface area contributed by atoms with E-state index in [-0.39, 0.29) is 23.8 Å². The number of benzene rings is 1. The first kappa shape index (κ1) is 14.7. The topological polar surface area (TPSA) is 64.6 Å². The normalized spacial score (nSPS) is 10.0. The molecule has 0 heterocycles. The van der Waals surface area contributed by atoms with Crippen molar-refractivity contribution in [2.75, 3.05) is 27.8 Å². The summed E-state index contributed by atoms with van der Waals surface area (Å²) in [6.07, 6.45) is 0.651. The van der Waals surface area contributed by atoms with Crippen LogP contribution in [0, 0.1) is 0 Å². The molecule has 0 aliphatic heterocycles. The van der Waals surface area contributed by atoms with Gasteiger partial charge in [-0.25, -0.2) is 0 Å². The van der Waals surface area contributed by atoms with E-state index in [4.69, 9.17) is 9.47 Å². The largest absolute Gasteiger partial charge is 0.492 e. The van der Waals surface area contributed by atoms with Crippen LogP contribution in [0.5, 0.6) is 11.5 Å². The molecule has 18 heavy (non-hydrogen) atoms. The first-order valence-electron chi connectivity index (χ1n) is 5.18. The van der Waals surface area contributed by atoms with Crippen LogP contribution >= 0.6 is 15.9 Å². The molecule has 0 aliphatic rings. The molecule has 0 radical (unpaired) electrons. The molecule has 1 aromatic carbocycles. The van der Waals surface area contributed by atoms with Crippen molar-refractivity contribution < 1.29 is 19.1 Å². The second-order valence-corrected chi connectivity index (χ2v) is 4.31. The molecule has 0 bridgehead atoms. The number of carbonyl (C=O) groups is 2. The molecule has 0 spiro atoms. The summed E-state index contributed by atoms with van der Waals surface area (Å²) in [4.78, 5) is 23.0. The lowest BCUT2D eigenvalue weighted by Crippen LogP contribution is -2.19. The van der Waals surface area contributed by atoms with Crippen LogP contribution in [0.15, 0.2) is 10.5 Å². The number of ketones is 1. The number of hydrogen-bond acceptors (Lipinski definition) is 5. The van der Waals surface area contributed by atoms with Gasteiger partial charge >= 0.3 is 0 Å². The number of hydrogen-bond donors (Lipinski definition) is 1. The van der Waals surface area contributed by atoms with Crippen molar-refractivity contribution in [2.45, 2.75) is 0 Å². The van der Waals surface area contributed by atoms with Crippen molar-refractivity contribution in [2.24, 2.45) is 0 Å². The van der Waals surface area contributed by atoms with E-state index in [1.807, 2.05) is 0 Å². The number of Topliss-reactive ketones (excluding diaryl/α,β-unsaturated/α-hetero) is 1. The third-order valence-corrected chi connectivity index (χ3v) is 3.04. The average Bonchev–Trinajstić information content (AvgIpc) is 2.37. The van der Waals surface area contributed by atoms with E-state index in [2.05, 4.69) is 21.2 Å². The number of ether oxygens (including phenoxy) is 2. The van der Waals surface area contributed by atoms with Gasteiger partial charge < -0.3 is 14.8 Å². The Morgan fingerprint density at radius 3 is 2.44 bits per heavy atom. The Morgan fingerprint density at radius 2 is 2.00 bits per heavy atom. The molecular weight excluding hydrogens is 302 g/mol.